The quantitative estimate of drug-likeness (QED) is 0.879. The van der Waals surface area contributed by atoms with Gasteiger partial charge in [-0.15, -0.1) is 0 Å². The lowest BCUT2D eigenvalue weighted by Gasteiger charge is -2.08. The molecule has 0 fully saturated rings. The number of nitrogens with two attached hydrogens (primary N) is 1. The molecule has 0 spiro atoms. The van der Waals surface area contributed by atoms with Gasteiger partial charge in [0.15, 0.2) is 17.4 Å². The third-order valence-corrected chi connectivity index (χ3v) is 2.64. The molecule has 16 heavy (non-hydrogen) atoms. The van der Waals surface area contributed by atoms with Crippen molar-refractivity contribution in [1.29, 1.82) is 0 Å². The molecular weight excluding hydrogens is 240 g/mol. The molecule has 7 heteroatoms. The van der Waals surface area contributed by atoms with Crippen molar-refractivity contribution < 1.29 is 21.9 Å². The average Bonchev–Trinajstić information content (AvgIpc) is 2.15. The second-order valence-corrected chi connectivity index (χ2v) is 4.67. The first-order valence-corrected chi connectivity index (χ1v) is 6.05. The Morgan fingerprint density at radius 2 is 1.81 bits per heavy atom. The summed E-state index contributed by atoms with van der Waals surface area (Å²) in [5.41, 5.74) is 0. The summed E-state index contributed by atoms with van der Waals surface area (Å²) in [6, 6.07) is 1.26. The van der Waals surface area contributed by atoms with Crippen molar-refractivity contribution in [2.24, 2.45) is 5.14 Å². The molecule has 1 aromatic rings. The number of sulfonamides is 1. The number of halogens is 2. The van der Waals surface area contributed by atoms with Crippen molar-refractivity contribution in [3.63, 3.8) is 0 Å². The summed E-state index contributed by atoms with van der Waals surface area (Å²) in [4.78, 5) is -0.619. The first-order chi connectivity index (χ1) is 7.36. The van der Waals surface area contributed by atoms with Gasteiger partial charge in [-0.2, -0.15) is 0 Å². The van der Waals surface area contributed by atoms with Crippen LogP contribution in [0.1, 0.15) is 13.3 Å². The van der Waals surface area contributed by atoms with Crippen LogP contribution in [0.15, 0.2) is 17.0 Å². The molecule has 0 bridgehead atoms. The van der Waals surface area contributed by atoms with Gasteiger partial charge in [-0.1, -0.05) is 6.92 Å². The highest BCUT2D eigenvalue weighted by Gasteiger charge is 2.17. The summed E-state index contributed by atoms with van der Waals surface area (Å²) in [5, 5.41) is 4.74. The van der Waals surface area contributed by atoms with E-state index in [2.05, 4.69) is 0 Å². The molecule has 1 rings (SSSR count). The van der Waals surface area contributed by atoms with Crippen molar-refractivity contribution in [2.45, 2.75) is 18.2 Å². The van der Waals surface area contributed by atoms with E-state index in [-0.39, 0.29) is 6.61 Å². The molecule has 0 heterocycles. The van der Waals surface area contributed by atoms with E-state index in [1.807, 2.05) is 0 Å². The predicted octanol–water partition coefficient (Wildman–Crippen LogP) is 1.40. The Morgan fingerprint density at radius 1 is 1.31 bits per heavy atom. The van der Waals surface area contributed by atoms with Gasteiger partial charge < -0.3 is 4.74 Å². The number of rotatable bonds is 4. The van der Waals surface area contributed by atoms with E-state index in [4.69, 9.17) is 9.88 Å². The Labute approximate surface area is 92.1 Å². The number of hydrogen-bond donors (Lipinski definition) is 1. The molecule has 0 aromatic heterocycles. The summed E-state index contributed by atoms with van der Waals surface area (Å²) in [6.07, 6.45) is 0.579. The maximum atomic E-state index is 13.3. The van der Waals surface area contributed by atoms with Crippen LogP contribution in [0.4, 0.5) is 8.78 Å². The zero-order chi connectivity index (χ0) is 12.3. The Morgan fingerprint density at radius 3 is 2.19 bits per heavy atom. The molecule has 1 aromatic carbocycles. The van der Waals surface area contributed by atoms with Crippen molar-refractivity contribution in [3.8, 4) is 5.75 Å². The van der Waals surface area contributed by atoms with Gasteiger partial charge in [0, 0.05) is 0 Å². The molecular formula is C9H11F2NO3S. The molecule has 0 amide bonds. The highest BCUT2D eigenvalue weighted by molar-refractivity contribution is 7.89. The highest BCUT2D eigenvalue weighted by atomic mass is 32.2. The van der Waals surface area contributed by atoms with Gasteiger partial charge in [0.05, 0.1) is 11.5 Å². The topological polar surface area (TPSA) is 69.4 Å². The zero-order valence-electron chi connectivity index (χ0n) is 8.54. The summed E-state index contributed by atoms with van der Waals surface area (Å²) < 4.78 is 53.1. The summed E-state index contributed by atoms with van der Waals surface area (Å²) >= 11 is 0. The molecule has 0 saturated heterocycles. The predicted molar refractivity (Wildman–Crippen MR) is 53.5 cm³/mol. The fourth-order valence-electron chi connectivity index (χ4n) is 1.04. The molecule has 90 valence electrons. The summed E-state index contributed by atoms with van der Waals surface area (Å²) in [7, 11) is -4.12. The largest absolute Gasteiger partial charge is 0.488 e. The van der Waals surface area contributed by atoms with E-state index in [0.717, 1.165) is 0 Å². The Kier molecular flexibility index (Phi) is 3.82. The number of hydrogen-bond acceptors (Lipinski definition) is 3. The van der Waals surface area contributed by atoms with Crippen molar-refractivity contribution in [3.05, 3.63) is 23.8 Å². The molecule has 0 atom stereocenters. The van der Waals surface area contributed by atoms with E-state index >= 15 is 0 Å². The van der Waals surface area contributed by atoms with Gasteiger partial charge in [-0.05, 0) is 18.6 Å². The van der Waals surface area contributed by atoms with Crippen molar-refractivity contribution in [2.75, 3.05) is 6.61 Å². The molecule has 2 N–H and O–H groups in total. The first-order valence-electron chi connectivity index (χ1n) is 4.51. The van der Waals surface area contributed by atoms with Gasteiger partial charge in [0.1, 0.15) is 0 Å². The van der Waals surface area contributed by atoms with Crippen molar-refractivity contribution >= 4 is 10.0 Å². The van der Waals surface area contributed by atoms with Gasteiger partial charge in [-0.3, -0.25) is 0 Å². The molecule has 0 aliphatic carbocycles. The minimum absolute atomic E-state index is 0.141. The number of ether oxygens (including phenoxy) is 1. The second kappa shape index (κ2) is 4.75. The molecule has 0 unspecified atom stereocenters. The maximum Gasteiger partial charge on any atom is 0.238 e. The number of benzene rings is 1. The first kappa shape index (κ1) is 12.9. The zero-order valence-corrected chi connectivity index (χ0v) is 9.35. The SMILES string of the molecule is CCCOc1c(F)cc(S(N)(=O)=O)cc1F. The van der Waals surface area contributed by atoms with Crippen LogP contribution in [0.25, 0.3) is 0 Å². The van der Waals surface area contributed by atoms with Crippen LogP contribution < -0.4 is 9.88 Å². The van der Waals surface area contributed by atoms with E-state index in [1.165, 1.54) is 0 Å². The molecule has 4 nitrogen and oxygen atoms in total. The van der Waals surface area contributed by atoms with Crippen molar-refractivity contribution in [1.82, 2.24) is 0 Å². The van der Waals surface area contributed by atoms with E-state index in [1.54, 1.807) is 6.92 Å². The van der Waals surface area contributed by atoms with Gasteiger partial charge in [0.25, 0.3) is 0 Å². The smallest absolute Gasteiger partial charge is 0.238 e. The van der Waals surface area contributed by atoms with Crippen LogP contribution in [0, 0.1) is 11.6 Å². The fourth-order valence-corrected chi connectivity index (χ4v) is 1.58. The van der Waals surface area contributed by atoms with Crippen LogP contribution in [-0.4, -0.2) is 15.0 Å². The Bertz CT molecular complexity index is 465. The van der Waals surface area contributed by atoms with Gasteiger partial charge >= 0.3 is 0 Å². The minimum atomic E-state index is -4.12. The minimum Gasteiger partial charge on any atom is -0.488 e. The molecule has 0 aliphatic heterocycles. The average molecular weight is 251 g/mol. The maximum absolute atomic E-state index is 13.3. The third-order valence-electron chi connectivity index (χ3n) is 1.75. The second-order valence-electron chi connectivity index (χ2n) is 3.11. The highest BCUT2D eigenvalue weighted by Crippen LogP contribution is 2.25. The lowest BCUT2D eigenvalue weighted by molar-refractivity contribution is 0.284. The molecule has 0 saturated carbocycles. The van der Waals surface area contributed by atoms with Crippen LogP contribution in [0.5, 0.6) is 5.75 Å². The summed E-state index contributed by atoms with van der Waals surface area (Å²) in [5.74, 6) is -2.76. The van der Waals surface area contributed by atoms with Crippen LogP contribution >= 0.6 is 0 Å². The number of primary sulfonamides is 1. The van der Waals surface area contributed by atoms with Gasteiger partial charge in [0.2, 0.25) is 10.0 Å². The van der Waals surface area contributed by atoms with Gasteiger partial charge in [-0.25, -0.2) is 22.3 Å². The monoisotopic (exact) mass is 251 g/mol. The summed E-state index contributed by atoms with van der Waals surface area (Å²) in [6.45, 7) is 1.91. The fraction of sp³-hybridized carbons (Fsp3) is 0.333. The Hall–Kier alpha value is -1.21. The molecule has 0 aliphatic rings. The van der Waals surface area contributed by atoms with E-state index in [0.29, 0.717) is 18.6 Å². The van der Waals surface area contributed by atoms with Crippen LogP contribution in [-0.2, 0) is 10.0 Å². The van der Waals surface area contributed by atoms with E-state index < -0.39 is 32.3 Å². The molecule has 0 radical (unpaired) electrons. The van der Waals surface area contributed by atoms with Crippen LogP contribution in [0.2, 0.25) is 0 Å². The Balaban J connectivity index is 3.18. The van der Waals surface area contributed by atoms with Crippen LogP contribution in [0.3, 0.4) is 0 Å². The third kappa shape index (κ3) is 2.89. The normalized spacial score (nSPS) is 11.5. The lowest BCUT2D eigenvalue weighted by Crippen LogP contribution is -2.13. The lowest BCUT2D eigenvalue weighted by atomic mass is 10.3. The standard InChI is InChI=1S/C9H11F2NO3S/c1-2-3-15-9-7(10)4-6(5-8(9)11)16(12,13)14/h4-5H,2-3H2,1H3,(H2,12,13,14). The van der Waals surface area contributed by atoms with E-state index in [9.17, 15) is 17.2 Å².